The predicted octanol–water partition coefficient (Wildman–Crippen LogP) is 2.95. The minimum absolute atomic E-state index is 0.0186. The van der Waals surface area contributed by atoms with Gasteiger partial charge in [0.05, 0.1) is 28.2 Å². The number of imidazole rings is 1. The van der Waals surface area contributed by atoms with Crippen LogP contribution in [0.4, 0.5) is 0 Å². The zero-order valence-corrected chi connectivity index (χ0v) is 16.5. The third-order valence-corrected chi connectivity index (χ3v) is 9.12. The molecule has 3 unspecified atom stereocenters. The zero-order valence-electron chi connectivity index (χ0n) is 15.6. The zero-order chi connectivity index (χ0) is 18.8. The van der Waals surface area contributed by atoms with Crippen LogP contribution >= 0.6 is 0 Å². The molecule has 2 saturated carbocycles. The average Bonchev–Trinajstić information content (AvgIpc) is 2.95. The second-order valence-corrected chi connectivity index (χ2v) is 10.4. The van der Waals surface area contributed by atoms with Gasteiger partial charge in [-0.05, 0) is 44.1 Å². The highest BCUT2D eigenvalue weighted by Crippen LogP contribution is 2.47. The maximum absolute atomic E-state index is 12.8. The molecule has 2 fully saturated rings. The van der Waals surface area contributed by atoms with Crippen LogP contribution in [-0.4, -0.2) is 38.6 Å². The van der Waals surface area contributed by atoms with Gasteiger partial charge in [0.15, 0.2) is 5.65 Å². The molecule has 144 valence electrons. The molecule has 2 aliphatic carbocycles. The van der Waals surface area contributed by atoms with E-state index in [-0.39, 0.29) is 12.0 Å². The van der Waals surface area contributed by atoms with Crippen molar-refractivity contribution in [1.29, 1.82) is 0 Å². The Morgan fingerprint density at radius 1 is 1.30 bits per heavy atom. The third-order valence-electron chi connectivity index (χ3n) is 6.64. The summed E-state index contributed by atoms with van der Waals surface area (Å²) in [7, 11) is -3.26. The van der Waals surface area contributed by atoms with E-state index in [1.54, 1.807) is 0 Å². The molecule has 3 heterocycles. The summed E-state index contributed by atoms with van der Waals surface area (Å²) in [4.78, 5) is 12.3. The number of rotatable bonds is 5. The number of nitrogens with zero attached hydrogens (tertiary/aromatic N) is 3. The van der Waals surface area contributed by atoms with Crippen molar-refractivity contribution in [1.82, 2.24) is 24.1 Å². The van der Waals surface area contributed by atoms with E-state index in [9.17, 15) is 8.42 Å². The second kappa shape index (κ2) is 5.78. The van der Waals surface area contributed by atoms with Crippen LogP contribution in [0.2, 0.25) is 0 Å². The van der Waals surface area contributed by atoms with E-state index >= 15 is 0 Å². The number of aromatic nitrogens is 4. The van der Waals surface area contributed by atoms with Crippen molar-refractivity contribution < 1.29 is 8.42 Å². The molecule has 0 aromatic carbocycles. The average molecular weight is 388 g/mol. The lowest BCUT2D eigenvalue weighted by atomic mass is 9.97. The number of fused-ring (bicyclic) bond motifs is 3. The highest BCUT2D eigenvalue weighted by atomic mass is 32.2. The lowest BCUT2D eigenvalue weighted by Gasteiger charge is -2.19. The lowest BCUT2D eigenvalue weighted by Crippen LogP contribution is -2.41. The molecule has 0 radical (unpaired) electrons. The van der Waals surface area contributed by atoms with Gasteiger partial charge in [0.2, 0.25) is 10.0 Å². The van der Waals surface area contributed by atoms with Gasteiger partial charge in [-0.15, -0.1) is 0 Å². The van der Waals surface area contributed by atoms with Crippen LogP contribution < -0.4 is 4.72 Å². The summed E-state index contributed by atoms with van der Waals surface area (Å²) in [6.07, 6.45) is 9.46. The number of hydrogen-bond acceptors (Lipinski definition) is 4. The van der Waals surface area contributed by atoms with E-state index in [2.05, 4.69) is 26.0 Å². The Labute approximate surface area is 158 Å². The number of nitrogens with one attached hydrogen (secondary N) is 2. The van der Waals surface area contributed by atoms with Gasteiger partial charge in [-0.1, -0.05) is 13.8 Å². The van der Waals surface area contributed by atoms with E-state index in [1.165, 1.54) is 0 Å². The predicted molar refractivity (Wildman–Crippen MR) is 104 cm³/mol. The van der Waals surface area contributed by atoms with Crippen molar-refractivity contribution in [3.05, 3.63) is 30.5 Å². The van der Waals surface area contributed by atoms with Gasteiger partial charge >= 0.3 is 0 Å². The fourth-order valence-electron chi connectivity index (χ4n) is 4.76. The quantitative estimate of drug-likeness (QED) is 0.704. The molecule has 2 aliphatic rings. The highest BCUT2D eigenvalue weighted by molar-refractivity contribution is 7.91. The molecule has 27 heavy (non-hydrogen) atoms. The molecule has 0 aliphatic heterocycles. The molecule has 8 heteroatoms. The van der Waals surface area contributed by atoms with Crippen LogP contribution in [0.3, 0.4) is 0 Å². The van der Waals surface area contributed by atoms with Gasteiger partial charge in [0.1, 0.15) is 5.82 Å². The molecule has 3 atom stereocenters. The lowest BCUT2D eigenvalue weighted by molar-refractivity contribution is 0.506. The standard InChI is InChI=1S/C19H25N5O2S/c1-3-19(5-6-19)27(25,26)23-13-8-12(2)15(9-13)18-22-11-14-10-21-17-16(24(14)18)4-7-20-17/h4,7,10-13,15,20,23H,3,5-6,8-9H2,1-2H3. The van der Waals surface area contributed by atoms with Crippen molar-refractivity contribution in [2.24, 2.45) is 5.92 Å². The molecule has 5 rings (SSSR count). The van der Waals surface area contributed by atoms with Crippen molar-refractivity contribution >= 4 is 26.7 Å². The topological polar surface area (TPSA) is 92.2 Å². The van der Waals surface area contributed by atoms with Gasteiger partial charge in [0.25, 0.3) is 0 Å². The Morgan fingerprint density at radius 3 is 2.81 bits per heavy atom. The number of H-pyrrole nitrogens is 1. The Kier molecular flexibility index (Phi) is 3.68. The fourth-order valence-corrected chi connectivity index (χ4v) is 6.66. The molecule has 0 saturated heterocycles. The van der Waals surface area contributed by atoms with Crippen molar-refractivity contribution in [2.75, 3.05) is 0 Å². The largest absolute Gasteiger partial charge is 0.345 e. The highest BCUT2D eigenvalue weighted by Gasteiger charge is 2.54. The van der Waals surface area contributed by atoms with E-state index in [0.29, 0.717) is 12.3 Å². The molecule has 7 nitrogen and oxygen atoms in total. The SMILES string of the molecule is CCC1(S(=O)(=O)NC2CC(C)C(c3ncc4cnc5[nH]ccc5n34)C2)CC1. The summed E-state index contributed by atoms with van der Waals surface area (Å²) < 4.78 is 30.3. The molecule has 2 N–H and O–H groups in total. The first-order chi connectivity index (χ1) is 12.9. The maximum Gasteiger partial charge on any atom is 0.217 e. The number of hydrogen-bond donors (Lipinski definition) is 2. The molecule has 3 aromatic rings. The summed E-state index contributed by atoms with van der Waals surface area (Å²) in [6.45, 7) is 4.17. The van der Waals surface area contributed by atoms with Crippen molar-refractivity contribution in [3.63, 3.8) is 0 Å². The maximum atomic E-state index is 12.8. The van der Waals surface area contributed by atoms with Gasteiger partial charge in [0, 0.05) is 18.2 Å². The summed E-state index contributed by atoms with van der Waals surface area (Å²) in [5.74, 6) is 1.59. The first-order valence-corrected chi connectivity index (χ1v) is 11.2. The first-order valence-electron chi connectivity index (χ1n) is 9.75. The van der Waals surface area contributed by atoms with Crippen LogP contribution in [-0.2, 0) is 10.0 Å². The van der Waals surface area contributed by atoms with Crippen molar-refractivity contribution in [2.45, 2.75) is 62.7 Å². The fraction of sp³-hybridized carbons (Fsp3) is 0.579. The minimum atomic E-state index is -3.26. The van der Waals surface area contributed by atoms with E-state index < -0.39 is 14.8 Å². The number of aromatic amines is 1. The van der Waals surface area contributed by atoms with Gasteiger partial charge in [-0.25, -0.2) is 23.1 Å². The van der Waals surface area contributed by atoms with Gasteiger partial charge in [-0.2, -0.15) is 0 Å². The Morgan fingerprint density at radius 2 is 2.07 bits per heavy atom. The monoisotopic (exact) mass is 387 g/mol. The van der Waals surface area contributed by atoms with Gasteiger partial charge in [-0.3, -0.25) is 4.40 Å². The summed E-state index contributed by atoms with van der Waals surface area (Å²) in [6, 6.07) is 1.99. The number of sulfonamides is 1. The van der Waals surface area contributed by atoms with Crippen LogP contribution in [0.1, 0.15) is 57.7 Å². The molecule has 0 amide bonds. The molecule has 0 spiro atoms. The normalized spacial score (nSPS) is 27.6. The van der Waals surface area contributed by atoms with Crippen molar-refractivity contribution in [3.8, 4) is 0 Å². The summed E-state index contributed by atoms with van der Waals surface area (Å²) in [5.41, 5.74) is 2.82. The Hall–Kier alpha value is -1.93. The van der Waals surface area contributed by atoms with Crippen LogP contribution in [0.15, 0.2) is 24.7 Å². The molecular weight excluding hydrogens is 362 g/mol. The molecule has 3 aromatic heterocycles. The van der Waals surface area contributed by atoms with Crippen LogP contribution in [0.5, 0.6) is 0 Å². The smallest absolute Gasteiger partial charge is 0.217 e. The molecular formula is C19H25N5O2S. The second-order valence-electron chi connectivity index (χ2n) is 8.26. The Bertz CT molecular complexity index is 1110. The van der Waals surface area contributed by atoms with Crippen LogP contribution in [0.25, 0.3) is 16.7 Å². The Balaban J connectivity index is 1.45. The third kappa shape index (κ3) is 2.53. The summed E-state index contributed by atoms with van der Waals surface area (Å²) >= 11 is 0. The first kappa shape index (κ1) is 17.2. The molecule has 0 bridgehead atoms. The van der Waals surface area contributed by atoms with E-state index in [1.807, 2.05) is 31.6 Å². The van der Waals surface area contributed by atoms with E-state index in [0.717, 1.165) is 48.2 Å². The van der Waals surface area contributed by atoms with E-state index in [4.69, 9.17) is 4.98 Å². The van der Waals surface area contributed by atoms with Gasteiger partial charge < -0.3 is 4.98 Å². The van der Waals surface area contributed by atoms with Crippen LogP contribution in [0, 0.1) is 5.92 Å². The minimum Gasteiger partial charge on any atom is -0.345 e. The summed E-state index contributed by atoms with van der Waals surface area (Å²) in [5, 5.41) is 0.